The van der Waals surface area contributed by atoms with E-state index in [-0.39, 0.29) is 18.8 Å². The van der Waals surface area contributed by atoms with Gasteiger partial charge in [0, 0.05) is 18.1 Å². The van der Waals surface area contributed by atoms with Crippen LogP contribution in [0.5, 0.6) is 0 Å². The van der Waals surface area contributed by atoms with Crippen molar-refractivity contribution in [3.63, 3.8) is 0 Å². The lowest BCUT2D eigenvalue weighted by molar-refractivity contribution is -0.0110. The minimum atomic E-state index is -3.42. The highest BCUT2D eigenvalue weighted by Gasteiger charge is 2.33. The van der Waals surface area contributed by atoms with Crippen molar-refractivity contribution in [3.05, 3.63) is 54.4 Å². The number of nitriles is 1. The van der Waals surface area contributed by atoms with Gasteiger partial charge in [-0.3, -0.25) is 10.3 Å². The van der Waals surface area contributed by atoms with Gasteiger partial charge in [-0.25, -0.2) is 13.4 Å². The van der Waals surface area contributed by atoms with Crippen molar-refractivity contribution in [2.45, 2.75) is 68.4 Å². The second-order valence-corrected chi connectivity index (χ2v) is 10.3. The summed E-state index contributed by atoms with van der Waals surface area (Å²) in [5.41, 5.74) is 1.58. The first kappa shape index (κ1) is 23.7. The van der Waals surface area contributed by atoms with Crippen LogP contribution in [-0.2, 0) is 21.1 Å². The Morgan fingerprint density at radius 2 is 1.94 bits per heavy atom. The predicted octanol–water partition coefficient (Wildman–Crippen LogP) is 3.63. The largest absolute Gasteiger partial charge is 0.376 e. The molecule has 32 heavy (non-hydrogen) atoms. The van der Waals surface area contributed by atoms with Crippen molar-refractivity contribution in [3.8, 4) is 6.19 Å². The number of aliphatic imine (C=N–C) groups is 1. The van der Waals surface area contributed by atoms with Crippen LogP contribution < -0.4 is 10.6 Å². The Bertz CT molecular complexity index is 1050. The van der Waals surface area contributed by atoms with Crippen molar-refractivity contribution in [2.24, 2.45) is 4.99 Å². The SMILES string of the molecule is CC(C)OC1CCCC(S(=O)(=O)c2ccc(CN=C(NC#N)Nc3ccncc3)cc2)C1. The standard InChI is InChI=1S/C23H29N5O3S/c1-17(2)31-20-4-3-5-22(14-20)32(29,30)21-8-6-18(7-9-21)15-26-23(27-16-24)28-19-10-12-25-13-11-19/h6-13,17,20,22H,3-5,14-15H2,1-2H3,(H2,25,26,27,28). The number of hydrogen-bond acceptors (Lipinski definition) is 6. The maximum Gasteiger partial charge on any atom is 0.209 e. The van der Waals surface area contributed by atoms with Crippen molar-refractivity contribution in [2.75, 3.05) is 5.32 Å². The van der Waals surface area contributed by atoms with E-state index in [0.29, 0.717) is 23.7 Å². The fourth-order valence-electron chi connectivity index (χ4n) is 3.77. The summed E-state index contributed by atoms with van der Waals surface area (Å²) in [7, 11) is -3.42. The molecule has 170 valence electrons. The van der Waals surface area contributed by atoms with Crippen LogP contribution in [-0.4, -0.2) is 36.8 Å². The first-order chi connectivity index (χ1) is 15.4. The Labute approximate surface area is 189 Å². The number of rotatable bonds is 7. The minimum absolute atomic E-state index is 0.00362. The van der Waals surface area contributed by atoms with Gasteiger partial charge in [0.05, 0.1) is 28.9 Å². The van der Waals surface area contributed by atoms with Gasteiger partial charge in [0.25, 0.3) is 0 Å². The summed E-state index contributed by atoms with van der Waals surface area (Å²) in [6, 6.07) is 10.3. The van der Waals surface area contributed by atoms with Crippen LogP contribution in [0.3, 0.4) is 0 Å². The van der Waals surface area contributed by atoms with Gasteiger partial charge in [-0.2, -0.15) is 5.26 Å². The van der Waals surface area contributed by atoms with E-state index in [0.717, 1.165) is 24.1 Å². The Morgan fingerprint density at radius 3 is 2.59 bits per heavy atom. The molecule has 0 spiro atoms. The molecule has 1 aliphatic rings. The van der Waals surface area contributed by atoms with E-state index in [4.69, 9.17) is 10.00 Å². The second-order valence-electron chi connectivity index (χ2n) is 8.05. The molecule has 2 unspecified atom stereocenters. The molecule has 2 atom stereocenters. The Morgan fingerprint density at radius 1 is 1.22 bits per heavy atom. The van der Waals surface area contributed by atoms with E-state index in [1.807, 2.05) is 20.0 Å². The maximum absolute atomic E-state index is 13.1. The van der Waals surface area contributed by atoms with Gasteiger partial charge in [0.15, 0.2) is 16.0 Å². The summed E-state index contributed by atoms with van der Waals surface area (Å²) in [5.74, 6) is 0.300. The number of pyridine rings is 1. The summed E-state index contributed by atoms with van der Waals surface area (Å²) in [6.07, 6.45) is 8.18. The normalized spacial score (nSPS) is 19.4. The fraction of sp³-hybridized carbons (Fsp3) is 0.435. The number of ether oxygens (including phenoxy) is 1. The third kappa shape index (κ3) is 6.52. The highest BCUT2D eigenvalue weighted by Crippen LogP contribution is 2.31. The molecular formula is C23H29N5O3S. The topological polar surface area (TPSA) is 116 Å². The lowest BCUT2D eigenvalue weighted by Gasteiger charge is -2.30. The molecular weight excluding hydrogens is 426 g/mol. The summed E-state index contributed by atoms with van der Waals surface area (Å²) in [4.78, 5) is 8.66. The molecule has 2 N–H and O–H groups in total. The number of hydrogen-bond donors (Lipinski definition) is 2. The predicted molar refractivity (Wildman–Crippen MR) is 124 cm³/mol. The van der Waals surface area contributed by atoms with Crippen molar-refractivity contribution >= 4 is 21.5 Å². The van der Waals surface area contributed by atoms with Gasteiger partial charge in [-0.15, -0.1) is 0 Å². The molecule has 1 aromatic carbocycles. The summed E-state index contributed by atoms with van der Waals surface area (Å²) in [6.45, 7) is 4.24. The van der Waals surface area contributed by atoms with Crippen LogP contribution in [0.25, 0.3) is 0 Å². The van der Waals surface area contributed by atoms with E-state index in [2.05, 4.69) is 20.6 Å². The van der Waals surface area contributed by atoms with Gasteiger partial charge in [-0.05, 0) is 69.4 Å². The van der Waals surface area contributed by atoms with Gasteiger partial charge < -0.3 is 10.1 Å². The van der Waals surface area contributed by atoms with Crippen LogP contribution in [0.15, 0.2) is 58.7 Å². The first-order valence-corrected chi connectivity index (χ1v) is 12.3. The van der Waals surface area contributed by atoms with E-state index >= 15 is 0 Å². The molecule has 1 aromatic heterocycles. The summed E-state index contributed by atoms with van der Waals surface area (Å²) in [5, 5.41) is 14.1. The van der Waals surface area contributed by atoms with Gasteiger partial charge in [-0.1, -0.05) is 12.1 Å². The highest BCUT2D eigenvalue weighted by atomic mass is 32.2. The molecule has 1 heterocycles. The van der Waals surface area contributed by atoms with Gasteiger partial charge >= 0.3 is 0 Å². The molecule has 0 saturated heterocycles. The monoisotopic (exact) mass is 455 g/mol. The van der Waals surface area contributed by atoms with E-state index < -0.39 is 15.1 Å². The molecule has 0 radical (unpaired) electrons. The highest BCUT2D eigenvalue weighted by molar-refractivity contribution is 7.92. The smallest absolute Gasteiger partial charge is 0.209 e. The van der Waals surface area contributed by atoms with E-state index in [9.17, 15) is 8.42 Å². The number of guanidine groups is 1. The Balaban J connectivity index is 1.67. The zero-order valence-electron chi connectivity index (χ0n) is 18.4. The van der Waals surface area contributed by atoms with Gasteiger partial charge in [0.2, 0.25) is 5.96 Å². The average Bonchev–Trinajstić information content (AvgIpc) is 2.78. The summed E-state index contributed by atoms with van der Waals surface area (Å²) < 4.78 is 32.2. The number of sulfone groups is 1. The van der Waals surface area contributed by atoms with Crippen molar-refractivity contribution in [1.29, 1.82) is 5.26 Å². The van der Waals surface area contributed by atoms with Crippen LogP contribution in [0.2, 0.25) is 0 Å². The molecule has 1 aliphatic carbocycles. The second kappa shape index (κ2) is 11.1. The van der Waals surface area contributed by atoms with Crippen LogP contribution >= 0.6 is 0 Å². The molecule has 0 bridgehead atoms. The third-order valence-corrected chi connectivity index (χ3v) is 7.51. The quantitative estimate of drug-likeness (QED) is 0.283. The number of benzene rings is 1. The van der Waals surface area contributed by atoms with Crippen molar-refractivity contribution < 1.29 is 13.2 Å². The molecule has 0 amide bonds. The van der Waals surface area contributed by atoms with E-state index in [1.54, 1.807) is 48.8 Å². The number of aromatic nitrogens is 1. The van der Waals surface area contributed by atoms with Crippen LogP contribution in [0, 0.1) is 11.5 Å². The fourth-order valence-corrected chi connectivity index (χ4v) is 5.62. The third-order valence-electron chi connectivity index (χ3n) is 5.27. The lowest BCUT2D eigenvalue weighted by Crippen LogP contribution is -2.33. The average molecular weight is 456 g/mol. The molecule has 3 rings (SSSR count). The minimum Gasteiger partial charge on any atom is -0.376 e. The molecule has 0 aliphatic heterocycles. The number of anilines is 1. The molecule has 8 nitrogen and oxygen atoms in total. The Hall–Kier alpha value is -2.96. The molecule has 1 saturated carbocycles. The van der Waals surface area contributed by atoms with Gasteiger partial charge in [0.1, 0.15) is 0 Å². The van der Waals surface area contributed by atoms with Crippen LogP contribution in [0.4, 0.5) is 5.69 Å². The number of nitrogens with zero attached hydrogens (tertiary/aromatic N) is 3. The lowest BCUT2D eigenvalue weighted by atomic mass is 9.97. The summed E-state index contributed by atoms with van der Waals surface area (Å²) >= 11 is 0. The van der Waals surface area contributed by atoms with Crippen molar-refractivity contribution in [1.82, 2.24) is 10.3 Å². The molecule has 1 fully saturated rings. The first-order valence-electron chi connectivity index (χ1n) is 10.7. The molecule has 9 heteroatoms. The van der Waals surface area contributed by atoms with Crippen LogP contribution in [0.1, 0.15) is 45.1 Å². The zero-order valence-corrected chi connectivity index (χ0v) is 19.2. The molecule has 2 aromatic rings. The number of nitrogens with one attached hydrogen (secondary N) is 2. The van der Waals surface area contributed by atoms with E-state index in [1.165, 1.54) is 0 Å². The Kier molecular flexibility index (Phi) is 8.20. The maximum atomic E-state index is 13.1. The zero-order chi connectivity index (χ0) is 23.0.